The first-order chi connectivity index (χ1) is 25.7. The van der Waals surface area contributed by atoms with Crippen LogP contribution in [-0.4, -0.2) is 9.13 Å². The molecule has 10 rings (SSSR count). The molecule has 4 heteroatoms. The van der Waals surface area contributed by atoms with Crippen molar-refractivity contribution in [2.75, 3.05) is 0 Å². The number of fused-ring (bicyclic) bond motifs is 8. The van der Waals surface area contributed by atoms with E-state index in [1.807, 2.05) is 18.2 Å². The summed E-state index contributed by atoms with van der Waals surface area (Å²) in [6, 6.07) is 61.5. The minimum absolute atomic E-state index is 0.416. The van der Waals surface area contributed by atoms with Gasteiger partial charge >= 0.3 is 0 Å². The molecule has 0 amide bonds. The van der Waals surface area contributed by atoms with Crippen LogP contribution >= 0.6 is 0 Å². The largest absolute Gasteiger partial charge is 0.308 e. The van der Waals surface area contributed by atoms with Gasteiger partial charge in [-0.25, -0.2) is 4.85 Å². The summed E-state index contributed by atoms with van der Waals surface area (Å²) in [6.07, 6.45) is 0. The van der Waals surface area contributed by atoms with E-state index in [4.69, 9.17) is 6.57 Å². The lowest BCUT2D eigenvalue weighted by Crippen LogP contribution is -2.06. The Hall–Kier alpha value is -7.40. The lowest BCUT2D eigenvalue weighted by Gasteiger charge is -2.19. The average molecular weight is 661 g/mol. The lowest BCUT2D eigenvalue weighted by molar-refractivity contribution is 1.09. The first kappa shape index (κ1) is 29.5. The van der Waals surface area contributed by atoms with Crippen LogP contribution in [0.4, 0.5) is 5.69 Å². The standard InChI is InChI=1S/C48H28N4/c1-50-37-26-36(30-49)48(46(29-37)51-42-19-11-10-18-39(42)40-27-34(21-23-43(40)51)31-12-4-2-5-13-31)52-44-24-22-35(32-14-6-3-7-15-32)28-41(44)47-38-17-9-8-16-33(38)20-25-45(47)52/h2-29H. The third-order valence-electron chi connectivity index (χ3n) is 10.3. The molecule has 0 aliphatic rings. The highest BCUT2D eigenvalue weighted by atomic mass is 15.1. The van der Waals surface area contributed by atoms with Crippen LogP contribution in [0.15, 0.2) is 170 Å². The van der Waals surface area contributed by atoms with E-state index in [0.29, 0.717) is 11.3 Å². The zero-order valence-corrected chi connectivity index (χ0v) is 28.0. The number of aromatic nitrogens is 2. The molecule has 0 spiro atoms. The number of nitrogens with zero attached hydrogens (tertiary/aromatic N) is 4. The van der Waals surface area contributed by atoms with E-state index >= 15 is 0 Å². The Morgan fingerprint density at radius 1 is 0.462 bits per heavy atom. The third kappa shape index (κ3) is 4.39. The maximum Gasteiger partial charge on any atom is 0.190 e. The summed E-state index contributed by atoms with van der Waals surface area (Å²) in [5, 5.41) is 17.6. The second kappa shape index (κ2) is 11.6. The molecular formula is C48H28N4. The Labute approximate surface area is 300 Å². The van der Waals surface area contributed by atoms with E-state index in [0.717, 1.165) is 88.0 Å². The summed E-state index contributed by atoms with van der Waals surface area (Å²) >= 11 is 0. The Balaban J connectivity index is 1.35. The van der Waals surface area contributed by atoms with E-state index in [-0.39, 0.29) is 0 Å². The number of hydrogen-bond acceptors (Lipinski definition) is 1. The molecule has 0 aliphatic heterocycles. The van der Waals surface area contributed by atoms with E-state index < -0.39 is 0 Å². The normalized spacial score (nSPS) is 11.4. The number of nitriles is 1. The van der Waals surface area contributed by atoms with Gasteiger partial charge in [-0.2, -0.15) is 5.26 Å². The van der Waals surface area contributed by atoms with Crippen molar-refractivity contribution < 1.29 is 0 Å². The fraction of sp³-hybridized carbons (Fsp3) is 0. The van der Waals surface area contributed by atoms with Crippen molar-refractivity contribution in [3.05, 3.63) is 187 Å². The second-order valence-electron chi connectivity index (χ2n) is 13.1. The van der Waals surface area contributed by atoms with Gasteiger partial charge in [-0.15, -0.1) is 0 Å². The van der Waals surface area contributed by atoms with Crippen LogP contribution in [-0.2, 0) is 0 Å². The SMILES string of the molecule is [C-]#[N+]c1cc(C#N)c(-n2c3ccc(-c4ccccc4)cc3c3c4ccccc4ccc32)c(-n2c3ccccc3c3cc(-c4ccccc4)ccc32)c1. The molecule has 2 heterocycles. The highest BCUT2D eigenvalue weighted by Gasteiger charge is 2.24. The quantitative estimate of drug-likeness (QED) is 0.173. The summed E-state index contributed by atoms with van der Waals surface area (Å²) in [5.41, 5.74) is 10.9. The van der Waals surface area contributed by atoms with Crippen LogP contribution < -0.4 is 0 Å². The molecule has 0 aliphatic carbocycles. The Kier molecular flexibility index (Phi) is 6.58. The van der Waals surface area contributed by atoms with Crippen LogP contribution in [0.5, 0.6) is 0 Å². The third-order valence-corrected chi connectivity index (χ3v) is 10.3. The Bertz CT molecular complexity index is 3130. The number of hydrogen-bond donors (Lipinski definition) is 0. The molecule has 2 aromatic heterocycles. The molecule has 0 fully saturated rings. The van der Waals surface area contributed by atoms with E-state index in [9.17, 15) is 5.26 Å². The van der Waals surface area contributed by atoms with Crippen molar-refractivity contribution in [1.82, 2.24) is 9.13 Å². The van der Waals surface area contributed by atoms with E-state index in [1.54, 1.807) is 6.07 Å². The first-order valence-corrected chi connectivity index (χ1v) is 17.3. The highest BCUT2D eigenvalue weighted by molar-refractivity contribution is 6.22. The minimum Gasteiger partial charge on any atom is -0.308 e. The van der Waals surface area contributed by atoms with Crippen molar-refractivity contribution in [2.24, 2.45) is 0 Å². The van der Waals surface area contributed by atoms with Crippen LogP contribution in [0, 0.1) is 17.9 Å². The molecule has 10 aromatic rings. The molecule has 240 valence electrons. The molecule has 0 atom stereocenters. The van der Waals surface area contributed by atoms with Gasteiger partial charge < -0.3 is 9.13 Å². The lowest BCUT2D eigenvalue weighted by atomic mass is 10.0. The summed E-state index contributed by atoms with van der Waals surface area (Å²) < 4.78 is 4.48. The van der Waals surface area contributed by atoms with Gasteiger partial charge in [-0.3, -0.25) is 0 Å². The van der Waals surface area contributed by atoms with Crippen molar-refractivity contribution in [2.45, 2.75) is 0 Å². The van der Waals surface area contributed by atoms with Gasteiger partial charge in [0.05, 0.1) is 45.6 Å². The molecule has 52 heavy (non-hydrogen) atoms. The summed E-state index contributed by atoms with van der Waals surface area (Å²) in [6.45, 7) is 8.09. The minimum atomic E-state index is 0.416. The molecular weight excluding hydrogens is 633 g/mol. The zero-order chi connectivity index (χ0) is 34.8. The van der Waals surface area contributed by atoms with Gasteiger partial charge in [0.1, 0.15) is 6.07 Å². The molecule has 0 radical (unpaired) electrons. The van der Waals surface area contributed by atoms with Crippen LogP contribution in [0.2, 0.25) is 0 Å². The van der Waals surface area contributed by atoms with E-state index in [1.165, 1.54) is 0 Å². The Morgan fingerprint density at radius 2 is 1.04 bits per heavy atom. The molecule has 4 nitrogen and oxygen atoms in total. The van der Waals surface area contributed by atoms with Crippen molar-refractivity contribution in [3.63, 3.8) is 0 Å². The van der Waals surface area contributed by atoms with E-state index in [2.05, 4.69) is 166 Å². The van der Waals surface area contributed by atoms with Crippen LogP contribution in [0.1, 0.15) is 5.56 Å². The molecule has 0 saturated carbocycles. The van der Waals surface area contributed by atoms with Gasteiger partial charge in [0.25, 0.3) is 0 Å². The van der Waals surface area contributed by atoms with Gasteiger partial charge in [0.2, 0.25) is 0 Å². The highest BCUT2D eigenvalue weighted by Crippen LogP contribution is 2.44. The predicted octanol–water partition coefficient (Wildman–Crippen LogP) is 12.8. The van der Waals surface area contributed by atoms with Gasteiger partial charge in [0, 0.05) is 21.5 Å². The van der Waals surface area contributed by atoms with Gasteiger partial charge in [0.15, 0.2) is 5.69 Å². The van der Waals surface area contributed by atoms with Crippen LogP contribution in [0.25, 0.3) is 92.9 Å². The van der Waals surface area contributed by atoms with Crippen molar-refractivity contribution in [1.29, 1.82) is 5.26 Å². The molecule has 0 bridgehead atoms. The van der Waals surface area contributed by atoms with Gasteiger partial charge in [-0.05, 0) is 81.6 Å². The maximum absolute atomic E-state index is 10.9. The van der Waals surface area contributed by atoms with Crippen molar-refractivity contribution >= 4 is 60.1 Å². The second-order valence-corrected chi connectivity index (χ2v) is 13.1. The predicted molar refractivity (Wildman–Crippen MR) is 214 cm³/mol. The van der Waals surface area contributed by atoms with Gasteiger partial charge in [-0.1, -0.05) is 121 Å². The topological polar surface area (TPSA) is 38.0 Å². The molecule has 0 saturated heterocycles. The zero-order valence-electron chi connectivity index (χ0n) is 28.0. The number of para-hydroxylation sites is 1. The number of benzene rings is 8. The summed E-state index contributed by atoms with van der Waals surface area (Å²) in [4.78, 5) is 3.87. The smallest absolute Gasteiger partial charge is 0.190 e. The molecule has 0 unspecified atom stereocenters. The first-order valence-electron chi connectivity index (χ1n) is 17.3. The Morgan fingerprint density at radius 3 is 1.73 bits per heavy atom. The van der Waals surface area contributed by atoms with Crippen molar-refractivity contribution in [3.8, 4) is 39.7 Å². The maximum atomic E-state index is 10.9. The summed E-state index contributed by atoms with van der Waals surface area (Å²) in [7, 11) is 0. The monoisotopic (exact) mass is 660 g/mol. The number of rotatable bonds is 4. The fourth-order valence-electron chi connectivity index (χ4n) is 8.04. The average Bonchev–Trinajstić information content (AvgIpc) is 3.73. The summed E-state index contributed by atoms with van der Waals surface area (Å²) in [5.74, 6) is 0. The molecule has 0 N–H and O–H groups in total. The fourth-order valence-corrected chi connectivity index (χ4v) is 8.04. The molecule has 8 aromatic carbocycles. The van der Waals surface area contributed by atoms with Crippen LogP contribution in [0.3, 0.4) is 0 Å².